The minimum atomic E-state index is -0.370. The van der Waals surface area contributed by atoms with Gasteiger partial charge in [0.25, 0.3) is 5.91 Å². The summed E-state index contributed by atoms with van der Waals surface area (Å²) in [4.78, 5) is 22.3. The second-order valence-corrected chi connectivity index (χ2v) is 8.38. The van der Waals surface area contributed by atoms with Crippen molar-refractivity contribution < 1.29 is 13.6 Å². The van der Waals surface area contributed by atoms with E-state index in [4.69, 9.17) is 21.6 Å². The molecule has 0 saturated carbocycles. The molecule has 7 heteroatoms. The molecule has 35 heavy (non-hydrogen) atoms. The van der Waals surface area contributed by atoms with Crippen molar-refractivity contribution in [2.24, 2.45) is 0 Å². The van der Waals surface area contributed by atoms with E-state index >= 15 is 0 Å². The maximum absolute atomic E-state index is 13.6. The van der Waals surface area contributed by atoms with Gasteiger partial charge in [0.2, 0.25) is 0 Å². The summed E-state index contributed by atoms with van der Waals surface area (Å²) < 4.78 is 27.1. The second kappa shape index (κ2) is 9.60. The molecular formula is C28H18ClF2N3O. The molecule has 5 aromatic rings. The maximum atomic E-state index is 13.6. The summed E-state index contributed by atoms with van der Waals surface area (Å²) in [7, 11) is 0. The van der Waals surface area contributed by atoms with Crippen LogP contribution in [0, 0.1) is 11.6 Å². The molecule has 1 heterocycles. The highest BCUT2D eigenvalue weighted by Gasteiger charge is 2.15. The van der Waals surface area contributed by atoms with Gasteiger partial charge in [-0.1, -0.05) is 23.7 Å². The number of hydrogen-bond donors (Lipinski definition) is 1. The van der Waals surface area contributed by atoms with Crippen molar-refractivity contribution in [3.8, 4) is 22.5 Å². The molecule has 0 bridgehead atoms. The molecular weight excluding hydrogens is 468 g/mol. The van der Waals surface area contributed by atoms with Gasteiger partial charge in [0, 0.05) is 28.3 Å². The third-order valence-corrected chi connectivity index (χ3v) is 5.78. The summed E-state index contributed by atoms with van der Waals surface area (Å²) in [6.45, 7) is 0.351. The van der Waals surface area contributed by atoms with Crippen LogP contribution in [-0.4, -0.2) is 15.9 Å². The Balaban J connectivity index is 1.52. The fraction of sp³-hybridized carbons (Fsp3) is 0.0357. The van der Waals surface area contributed by atoms with E-state index in [0.717, 1.165) is 5.56 Å². The minimum Gasteiger partial charge on any atom is -0.348 e. The largest absolute Gasteiger partial charge is 0.348 e. The van der Waals surface area contributed by atoms with Crippen LogP contribution in [0.5, 0.6) is 0 Å². The molecule has 0 saturated heterocycles. The number of carbonyl (C=O) groups excluding carboxylic acids is 1. The Morgan fingerprint density at radius 2 is 1.26 bits per heavy atom. The standard InChI is InChI=1S/C28H18ClF2N3O/c29-21-8-1-17(2-9-21)16-32-28(35)20-7-14-24-25(15-20)34-27(19-5-12-23(31)13-6-19)26(33-24)18-3-10-22(30)11-4-18/h1-15H,16H2,(H,32,35). The van der Waals surface area contributed by atoms with E-state index in [-0.39, 0.29) is 17.5 Å². The Kier molecular flexibility index (Phi) is 6.21. The lowest BCUT2D eigenvalue weighted by molar-refractivity contribution is 0.0951. The first-order valence-corrected chi connectivity index (χ1v) is 11.2. The predicted molar refractivity (Wildman–Crippen MR) is 133 cm³/mol. The highest BCUT2D eigenvalue weighted by Crippen LogP contribution is 2.31. The monoisotopic (exact) mass is 485 g/mol. The molecule has 172 valence electrons. The smallest absolute Gasteiger partial charge is 0.251 e. The predicted octanol–water partition coefficient (Wildman–Crippen LogP) is 6.83. The first kappa shape index (κ1) is 22.6. The van der Waals surface area contributed by atoms with Crippen molar-refractivity contribution in [3.05, 3.63) is 119 Å². The number of fused-ring (bicyclic) bond motifs is 1. The van der Waals surface area contributed by atoms with Gasteiger partial charge in [-0.15, -0.1) is 0 Å². The molecule has 4 aromatic carbocycles. The molecule has 4 nitrogen and oxygen atoms in total. The molecule has 0 spiro atoms. The Bertz CT molecular complexity index is 1520. The van der Waals surface area contributed by atoms with Crippen LogP contribution in [-0.2, 0) is 6.54 Å². The van der Waals surface area contributed by atoms with E-state index in [9.17, 15) is 13.6 Å². The number of nitrogens with one attached hydrogen (secondary N) is 1. The van der Waals surface area contributed by atoms with E-state index in [1.807, 2.05) is 12.1 Å². The average Bonchev–Trinajstić information content (AvgIpc) is 2.88. The zero-order valence-electron chi connectivity index (χ0n) is 18.3. The van der Waals surface area contributed by atoms with Crippen molar-refractivity contribution >= 4 is 28.5 Å². The van der Waals surface area contributed by atoms with Crippen LogP contribution in [0.4, 0.5) is 8.78 Å². The zero-order chi connectivity index (χ0) is 24.4. The van der Waals surface area contributed by atoms with Crippen LogP contribution in [0.1, 0.15) is 15.9 Å². The fourth-order valence-corrected chi connectivity index (χ4v) is 3.83. The first-order valence-electron chi connectivity index (χ1n) is 10.8. The van der Waals surface area contributed by atoms with Gasteiger partial charge in [0.05, 0.1) is 22.4 Å². The molecule has 1 N–H and O–H groups in total. The number of hydrogen-bond acceptors (Lipinski definition) is 3. The van der Waals surface area contributed by atoms with Gasteiger partial charge in [0.1, 0.15) is 11.6 Å². The third kappa shape index (κ3) is 5.03. The Hall–Kier alpha value is -4.16. The molecule has 0 aliphatic rings. The van der Waals surface area contributed by atoms with Crippen molar-refractivity contribution in [1.29, 1.82) is 0 Å². The molecule has 0 atom stereocenters. The highest BCUT2D eigenvalue weighted by molar-refractivity contribution is 6.30. The second-order valence-electron chi connectivity index (χ2n) is 7.95. The number of halogens is 3. The van der Waals surface area contributed by atoms with Crippen LogP contribution in [0.3, 0.4) is 0 Å². The highest BCUT2D eigenvalue weighted by atomic mass is 35.5. The van der Waals surface area contributed by atoms with E-state index in [2.05, 4.69) is 5.32 Å². The summed E-state index contributed by atoms with van der Waals surface area (Å²) in [6.07, 6.45) is 0. The topological polar surface area (TPSA) is 54.9 Å². The van der Waals surface area contributed by atoms with Crippen molar-refractivity contribution in [3.63, 3.8) is 0 Å². The number of benzene rings is 4. The number of nitrogens with zero attached hydrogens (tertiary/aromatic N) is 2. The van der Waals surface area contributed by atoms with Crippen molar-refractivity contribution in [2.45, 2.75) is 6.54 Å². The number of amides is 1. The summed E-state index contributed by atoms with van der Waals surface area (Å²) in [5, 5.41) is 3.52. The molecule has 0 unspecified atom stereocenters. The van der Waals surface area contributed by atoms with E-state index in [1.54, 1.807) is 54.6 Å². The van der Waals surface area contributed by atoms with Gasteiger partial charge in [-0.25, -0.2) is 18.7 Å². The maximum Gasteiger partial charge on any atom is 0.251 e. The van der Waals surface area contributed by atoms with Gasteiger partial charge >= 0.3 is 0 Å². The van der Waals surface area contributed by atoms with E-state index in [1.165, 1.54) is 24.3 Å². The minimum absolute atomic E-state index is 0.255. The molecule has 0 radical (unpaired) electrons. The van der Waals surface area contributed by atoms with Crippen LogP contribution in [0.2, 0.25) is 5.02 Å². The van der Waals surface area contributed by atoms with E-state index < -0.39 is 0 Å². The lowest BCUT2D eigenvalue weighted by Gasteiger charge is -2.12. The van der Waals surface area contributed by atoms with Crippen LogP contribution in [0.15, 0.2) is 91.0 Å². The summed E-state index contributed by atoms with van der Waals surface area (Å²) in [5.41, 5.74) is 4.79. The van der Waals surface area contributed by atoms with Crippen LogP contribution >= 0.6 is 11.6 Å². The molecule has 5 rings (SSSR count). The number of aromatic nitrogens is 2. The van der Waals surface area contributed by atoms with Gasteiger partial charge in [-0.3, -0.25) is 4.79 Å². The van der Waals surface area contributed by atoms with Crippen molar-refractivity contribution in [2.75, 3.05) is 0 Å². The number of carbonyl (C=O) groups is 1. The lowest BCUT2D eigenvalue weighted by atomic mass is 10.0. The SMILES string of the molecule is O=C(NCc1ccc(Cl)cc1)c1ccc2nc(-c3ccc(F)cc3)c(-c3ccc(F)cc3)nc2c1. The van der Waals surface area contributed by atoms with Gasteiger partial charge in [-0.05, 0) is 84.4 Å². The van der Waals surface area contributed by atoms with E-state index in [0.29, 0.717) is 50.7 Å². The van der Waals surface area contributed by atoms with Gasteiger partial charge < -0.3 is 5.32 Å². The quantitative estimate of drug-likeness (QED) is 0.297. The Morgan fingerprint density at radius 3 is 1.83 bits per heavy atom. The molecule has 1 aromatic heterocycles. The zero-order valence-corrected chi connectivity index (χ0v) is 19.1. The Labute approximate surface area is 205 Å². The number of rotatable bonds is 5. The van der Waals surface area contributed by atoms with Gasteiger partial charge in [-0.2, -0.15) is 0 Å². The molecule has 0 aliphatic carbocycles. The van der Waals surface area contributed by atoms with Crippen LogP contribution in [0.25, 0.3) is 33.5 Å². The first-order chi connectivity index (χ1) is 17.0. The molecule has 1 amide bonds. The third-order valence-electron chi connectivity index (χ3n) is 5.53. The normalized spacial score (nSPS) is 10.9. The lowest BCUT2D eigenvalue weighted by Crippen LogP contribution is -2.22. The van der Waals surface area contributed by atoms with Gasteiger partial charge in [0.15, 0.2) is 0 Å². The molecule has 0 fully saturated rings. The Morgan fingerprint density at radius 1 is 0.714 bits per heavy atom. The summed E-state index contributed by atoms with van der Waals surface area (Å²) >= 11 is 5.91. The summed E-state index contributed by atoms with van der Waals surface area (Å²) in [5.74, 6) is -0.986. The average molecular weight is 486 g/mol. The molecule has 0 aliphatic heterocycles. The summed E-state index contributed by atoms with van der Waals surface area (Å²) in [6, 6.07) is 24.2. The van der Waals surface area contributed by atoms with Crippen LogP contribution < -0.4 is 5.32 Å². The van der Waals surface area contributed by atoms with Crippen molar-refractivity contribution in [1.82, 2.24) is 15.3 Å². The fourth-order valence-electron chi connectivity index (χ4n) is 3.70.